The zero-order chi connectivity index (χ0) is 18.4. The van der Waals surface area contributed by atoms with Crippen LogP contribution in [0, 0.1) is 0 Å². The van der Waals surface area contributed by atoms with Crippen LogP contribution >= 0.6 is 11.3 Å². The van der Waals surface area contributed by atoms with Crippen LogP contribution < -0.4 is 10.6 Å². The van der Waals surface area contributed by atoms with Crippen molar-refractivity contribution in [3.8, 4) is 5.82 Å². The van der Waals surface area contributed by atoms with Gasteiger partial charge in [-0.25, -0.2) is 9.67 Å². The monoisotopic (exact) mass is 369 g/mol. The molecule has 8 heteroatoms. The van der Waals surface area contributed by atoms with Crippen molar-refractivity contribution in [2.24, 2.45) is 0 Å². The molecule has 0 aliphatic rings. The van der Waals surface area contributed by atoms with E-state index in [2.05, 4.69) is 20.7 Å². The third kappa shape index (κ3) is 4.54. The number of hydrogen-bond donors (Lipinski definition) is 2. The summed E-state index contributed by atoms with van der Waals surface area (Å²) in [6.45, 7) is 1.78. The summed E-state index contributed by atoms with van der Waals surface area (Å²) in [5, 5.41) is 11.8. The van der Waals surface area contributed by atoms with Gasteiger partial charge in [0.1, 0.15) is 0 Å². The van der Waals surface area contributed by atoms with E-state index in [1.165, 1.54) is 18.3 Å². The van der Waals surface area contributed by atoms with E-state index >= 15 is 0 Å². The molecule has 0 spiro atoms. The lowest BCUT2D eigenvalue weighted by molar-refractivity contribution is -0.122. The molecule has 0 aromatic carbocycles. The molecule has 0 bridgehead atoms. The summed E-state index contributed by atoms with van der Waals surface area (Å²) in [6.07, 6.45) is 5.34. The first-order valence-electron chi connectivity index (χ1n) is 8.14. The van der Waals surface area contributed by atoms with E-state index in [-0.39, 0.29) is 24.3 Å². The Balaban J connectivity index is 1.65. The Labute approximate surface area is 155 Å². The summed E-state index contributed by atoms with van der Waals surface area (Å²) in [5.74, 6) is 0.367. The molecule has 3 aromatic rings. The van der Waals surface area contributed by atoms with Crippen molar-refractivity contribution < 1.29 is 9.59 Å². The third-order valence-corrected chi connectivity index (χ3v) is 4.70. The minimum Gasteiger partial charge on any atom is -0.352 e. The van der Waals surface area contributed by atoms with Gasteiger partial charge in [0.2, 0.25) is 11.8 Å². The molecular weight excluding hydrogens is 350 g/mol. The second-order valence-electron chi connectivity index (χ2n) is 5.69. The van der Waals surface area contributed by atoms with E-state index in [1.54, 1.807) is 23.3 Å². The minimum atomic E-state index is -0.327. The smallest absolute Gasteiger partial charge is 0.222 e. The molecule has 3 heterocycles. The Morgan fingerprint density at radius 3 is 2.81 bits per heavy atom. The number of rotatable bonds is 7. The first-order valence-corrected chi connectivity index (χ1v) is 9.02. The molecule has 26 heavy (non-hydrogen) atoms. The van der Waals surface area contributed by atoms with E-state index < -0.39 is 0 Å². The molecule has 2 N–H and O–H groups in total. The maximum Gasteiger partial charge on any atom is 0.222 e. The summed E-state index contributed by atoms with van der Waals surface area (Å²) in [7, 11) is 0. The molecule has 0 unspecified atom stereocenters. The SMILES string of the molecule is CC(=O)N[C@H](CC(=O)NCc1cccnc1-n1cccn1)c1cccs1. The number of nitrogens with zero attached hydrogens (tertiary/aromatic N) is 3. The molecule has 1 atom stereocenters. The highest BCUT2D eigenvalue weighted by Crippen LogP contribution is 2.22. The molecule has 3 aromatic heterocycles. The topological polar surface area (TPSA) is 88.9 Å². The molecule has 0 radical (unpaired) electrons. The number of amides is 2. The number of carbonyl (C=O) groups excluding carboxylic acids is 2. The number of hydrogen-bond acceptors (Lipinski definition) is 5. The van der Waals surface area contributed by atoms with Gasteiger partial charge < -0.3 is 10.6 Å². The zero-order valence-corrected chi connectivity index (χ0v) is 15.1. The second kappa shape index (κ2) is 8.39. The van der Waals surface area contributed by atoms with Crippen molar-refractivity contribution in [3.05, 3.63) is 64.7 Å². The first-order chi connectivity index (χ1) is 12.6. The zero-order valence-electron chi connectivity index (χ0n) is 14.3. The highest BCUT2D eigenvalue weighted by atomic mass is 32.1. The fraction of sp³-hybridized carbons (Fsp3) is 0.222. The van der Waals surface area contributed by atoms with Crippen LogP contribution in [0.15, 0.2) is 54.3 Å². The van der Waals surface area contributed by atoms with Crippen molar-refractivity contribution in [3.63, 3.8) is 0 Å². The van der Waals surface area contributed by atoms with Gasteiger partial charge in [-0.1, -0.05) is 12.1 Å². The van der Waals surface area contributed by atoms with Gasteiger partial charge in [0.25, 0.3) is 0 Å². The third-order valence-electron chi connectivity index (χ3n) is 3.72. The normalized spacial score (nSPS) is 11.7. The summed E-state index contributed by atoms with van der Waals surface area (Å²) in [6, 6.07) is 9.02. The largest absolute Gasteiger partial charge is 0.352 e. The van der Waals surface area contributed by atoms with Crippen LogP contribution in [0.2, 0.25) is 0 Å². The van der Waals surface area contributed by atoms with Gasteiger partial charge in [-0.15, -0.1) is 11.3 Å². The lowest BCUT2D eigenvalue weighted by atomic mass is 10.1. The predicted octanol–water partition coefficient (Wildman–Crippen LogP) is 2.21. The molecular formula is C18H19N5O2S. The van der Waals surface area contributed by atoms with Crippen LogP contribution in [-0.4, -0.2) is 26.6 Å². The van der Waals surface area contributed by atoms with Crippen molar-refractivity contribution in [2.45, 2.75) is 25.9 Å². The van der Waals surface area contributed by atoms with Gasteiger partial charge in [0, 0.05) is 42.5 Å². The molecule has 2 amide bonds. The molecule has 7 nitrogen and oxygen atoms in total. The molecule has 0 saturated heterocycles. The van der Waals surface area contributed by atoms with Crippen LogP contribution in [0.25, 0.3) is 5.82 Å². The quantitative estimate of drug-likeness (QED) is 0.668. The summed E-state index contributed by atoms with van der Waals surface area (Å²) >= 11 is 1.51. The van der Waals surface area contributed by atoms with Crippen LogP contribution in [0.5, 0.6) is 0 Å². The fourth-order valence-corrected chi connectivity index (χ4v) is 3.36. The van der Waals surface area contributed by atoms with Gasteiger partial charge in [-0.2, -0.15) is 5.10 Å². The fourth-order valence-electron chi connectivity index (χ4n) is 2.58. The molecule has 0 fully saturated rings. The maximum atomic E-state index is 12.4. The Morgan fingerprint density at radius 2 is 2.12 bits per heavy atom. The average molecular weight is 369 g/mol. The van der Waals surface area contributed by atoms with Gasteiger partial charge in [0.15, 0.2) is 5.82 Å². The summed E-state index contributed by atoms with van der Waals surface area (Å²) in [5.41, 5.74) is 0.858. The summed E-state index contributed by atoms with van der Waals surface area (Å²) in [4.78, 5) is 29.1. The predicted molar refractivity (Wildman–Crippen MR) is 98.7 cm³/mol. The minimum absolute atomic E-state index is 0.146. The molecule has 0 aliphatic carbocycles. The number of nitrogens with one attached hydrogen (secondary N) is 2. The number of thiophene rings is 1. The van der Waals surface area contributed by atoms with Crippen LogP contribution in [0.4, 0.5) is 0 Å². The Morgan fingerprint density at radius 1 is 1.23 bits per heavy atom. The summed E-state index contributed by atoms with van der Waals surface area (Å²) < 4.78 is 1.66. The molecule has 3 rings (SSSR count). The van der Waals surface area contributed by atoms with Crippen LogP contribution in [0.3, 0.4) is 0 Å². The number of carbonyl (C=O) groups is 2. The van der Waals surface area contributed by atoms with Gasteiger partial charge in [-0.3, -0.25) is 9.59 Å². The Bertz CT molecular complexity index is 862. The van der Waals surface area contributed by atoms with Crippen molar-refractivity contribution >= 4 is 23.2 Å². The van der Waals surface area contributed by atoms with Crippen molar-refractivity contribution in [1.29, 1.82) is 0 Å². The van der Waals surface area contributed by atoms with Crippen LogP contribution in [0.1, 0.15) is 29.8 Å². The second-order valence-corrected chi connectivity index (χ2v) is 6.67. The highest BCUT2D eigenvalue weighted by molar-refractivity contribution is 7.10. The van der Waals surface area contributed by atoms with E-state index in [0.717, 1.165) is 10.4 Å². The van der Waals surface area contributed by atoms with Gasteiger partial charge >= 0.3 is 0 Å². The van der Waals surface area contributed by atoms with Crippen LogP contribution in [-0.2, 0) is 16.1 Å². The van der Waals surface area contributed by atoms with Crippen molar-refractivity contribution in [1.82, 2.24) is 25.4 Å². The molecule has 134 valence electrons. The standard InChI is InChI=1S/C18H19N5O2S/c1-13(24)22-15(16-6-3-10-26-16)11-17(25)20-12-14-5-2-7-19-18(14)23-9-4-8-21-23/h2-10,15H,11-12H2,1H3,(H,20,25)(H,22,24)/t15-/m1/s1. The highest BCUT2D eigenvalue weighted by Gasteiger charge is 2.18. The van der Waals surface area contributed by atoms with E-state index in [0.29, 0.717) is 12.4 Å². The van der Waals surface area contributed by atoms with E-state index in [4.69, 9.17) is 0 Å². The Kier molecular flexibility index (Phi) is 5.75. The number of aromatic nitrogens is 3. The van der Waals surface area contributed by atoms with E-state index in [1.807, 2.05) is 35.7 Å². The first kappa shape index (κ1) is 17.8. The maximum absolute atomic E-state index is 12.4. The number of pyridine rings is 1. The molecule has 0 saturated carbocycles. The van der Waals surface area contributed by atoms with Crippen molar-refractivity contribution in [2.75, 3.05) is 0 Å². The molecule has 0 aliphatic heterocycles. The van der Waals surface area contributed by atoms with Gasteiger partial charge in [0.05, 0.1) is 12.5 Å². The average Bonchev–Trinajstić information content (AvgIpc) is 3.33. The van der Waals surface area contributed by atoms with E-state index in [9.17, 15) is 9.59 Å². The lowest BCUT2D eigenvalue weighted by Gasteiger charge is -2.16. The Hall–Kier alpha value is -3.00. The lowest BCUT2D eigenvalue weighted by Crippen LogP contribution is -2.32. The van der Waals surface area contributed by atoms with Gasteiger partial charge in [-0.05, 0) is 23.6 Å².